The summed E-state index contributed by atoms with van der Waals surface area (Å²) in [5.74, 6) is -2.70. The van der Waals surface area contributed by atoms with Crippen LogP contribution in [0.5, 0.6) is 0 Å². The van der Waals surface area contributed by atoms with E-state index in [4.69, 9.17) is 4.74 Å². The molecule has 1 fully saturated rings. The highest BCUT2D eigenvalue weighted by Crippen LogP contribution is 2.22. The third-order valence-corrected chi connectivity index (χ3v) is 4.21. The fourth-order valence-corrected chi connectivity index (χ4v) is 2.82. The molecule has 0 aliphatic carbocycles. The first-order valence-corrected chi connectivity index (χ1v) is 8.09. The number of carbonyl (C=O) groups excluding carboxylic acids is 2. The van der Waals surface area contributed by atoms with Gasteiger partial charge in [0, 0.05) is 6.54 Å². The van der Waals surface area contributed by atoms with Gasteiger partial charge in [0.2, 0.25) is 5.91 Å². The maximum atomic E-state index is 13.6. The molecular formula is C17H22F2N2O3. The van der Waals surface area contributed by atoms with Crippen molar-refractivity contribution < 1.29 is 23.1 Å². The van der Waals surface area contributed by atoms with Crippen LogP contribution in [0.25, 0.3) is 0 Å². The maximum absolute atomic E-state index is 13.6. The summed E-state index contributed by atoms with van der Waals surface area (Å²) in [6.07, 6.45) is 1.47. The Kier molecular flexibility index (Phi) is 6.25. The summed E-state index contributed by atoms with van der Waals surface area (Å²) in [6.45, 7) is 4.76. The number of carbonyl (C=O) groups is 2. The van der Waals surface area contributed by atoms with Gasteiger partial charge in [-0.25, -0.2) is 8.78 Å². The van der Waals surface area contributed by atoms with Crippen molar-refractivity contribution in [3.63, 3.8) is 0 Å². The molecule has 5 nitrogen and oxygen atoms in total. The number of esters is 1. The molecule has 132 valence electrons. The van der Waals surface area contributed by atoms with Crippen LogP contribution in [0.2, 0.25) is 0 Å². The van der Waals surface area contributed by atoms with Crippen molar-refractivity contribution in [2.45, 2.75) is 32.7 Å². The predicted molar refractivity (Wildman–Crippen MR) is 85.4 cm³/mol. The van der Waals surface area contributed by atoms with E-state index >= 15 is 0 Å². The zero-order valence-electron chi connectivity index (χ0n) is 13.9. The average molecular weight is 340 g/mol. The molecule has 1 N–H and O–H groups in total. The fraction of sp³-hybridized carbons (Fsp3) is 0.529. The van der Waals surface area contributed by atoms with E-state index in [0.29, 0.717) is 26.1 Å². The molecule has 1 saturated heterocycles. The van der Waals surface area contributed by atoms with E-state index in [1.807, 2.05) is 4.90 Å². The van der Waals surface area contributed by atoms with Crippen LogP contribution >= 0.6 is 0 Å². The molecule has 24 heavy (non-hydrogen) atoms. The quantitative estimate of drug-likeness (QED) is 0.837. The molecule has 2 unspecified atom stereocenters. The molecule has 0 aromatic heterocycles. The lowest BCUT2D eigenvalue weighted by Crippen LogP contribution is -2.48. The molecule has 7 heteroatoms. The van der Waals surface area contributed by atoms with E-state index < -0.39 is 29.3 Å². The van der Waals surface area contributed by atoms with Crippen LogP contribution in [0.1, 0.15) is 26.7 Å². The lowest BCUT2D eigenvalue weighted by atomic mass is 9.97. The standard InChI is InChI=1S/C17H22F2N2O3/c1-3-24-17(23)12-6-5-9-21(10-12)11(2)16(22)20-15-13(18)7-4-8-14(15)19/h4,7-8,11-12H,3,5-6,9-10H2,1-2H3,(H,20,22). The summed E-state index contributed by atoms with van der Waals surface area (Å²) in [7, 11) is 0. The topological polar surface area (TPSA) is 58.6 Å². The zero-order valence-corrected chi connectivity index (χ0v) is 13.9. The summed E-state index contributed by atoms with van der Waals surface area (Å²) >= 11 is 0. The molecule has 0 spiro atoms. The number of rotatable bonds is 5. The largest absolute Gasteiger partial charge is 0.466 e. The summed E-state index contributed by atoms with van der Waals surface area (Å²) in [4.78, 5) is 26.0. The van der Waals surface area contributed by atoms with E-state index in [2.05, 4.69) is 5.32 Å². The van der Waals surface area contributed by atoms with Crippen LogP contribution in [0, 0.1) is 17.6 Å². The van der Waals surface area contributed by atoms with Crippen molar-refractivity contribution in [2.24, 2.45) is 5.92 Å². The normalized spacial score (nSPS) is 19.6. The molecule has 1 aliphatic heterocycles. The number of nitrogens with zero attached hydrogens (tertiary/aromatic N) is 1. The number of para-hydroxylation sites is 1. The Morgan fingerprint density at radius 1 is 1.38 bits per heavy atom. The van der Waals surface area contributed by atoms with Gasteiger partial charge in [-0.05, 0) is 45.4 Å². The van der Waals surface area contributed by atoms with Crippen molar-refractivity contribution >= 4 is 17.6 Å². The Balaban J connectivity index is 2.01. The van der Waals surface area contributed by atoms with Crippen molar-refractivity contribution in [1.29, 1.82) is 0 Å². The number of nitrogens with one attached hydrogen (secondary N) is 1. The van der Waals surface area contributed by atoms with E-state index in [-0.39, 0.29) is 11.9 Å². The van der Waals surface area contributed by atoms with E-state index in [9.17, 15) is 18.4 Å². The van der Waals surface area contributed by atoms with Crippen molar-refractivity contribution in [3.05, 3.63) is 29.8 Å². The highest BCUT2D eigenvalue weighted by molar-refractivity contribution is 5.94. The van der Waals surface area contributed by atoms with Crippen LogP contribution in [-0.2, 0) is 14.3 Å². The minimum atomic E-state index is -0.821. The Labute approximate surface area is 140 Å². The molecular weight excluding hydrogens is 318 g/mol. The number of anilines is 1. The monoisotopic (exact) mass is 340 g/mol. The number of hydrogen-bond acceptors (Lipinski definition) is 4. The molecule has 2 atom stereocenters. The Hall–Kier alpha value is -2.02. The average Bonchev–Trinajstić information content (AvgIpc) is 2.57. The van der Waals surface area contributed by atoms with Gasteiger partial charge in [0.15, 0.2) is 0 Å². The van der Waals surface area contributed by atoms with Gasteiger partial charge < -0.3 is 10.1 Å². The lowest BCUT2D eigenvalue weighted by Gasteiger charge is -2.35. The molecule has 1 aliphatic rings. The second-order valence-electron chi connectivity index (χ2n) is 5.85. The summed E-state index contributed by atoms with van der Waals surface area (Å²) in [6, 6.07) is 2.79. The first kappa shape index (κ1) is 18.3. The van der Waals surface area contributed by atoms with Crippen LogP contribution in [0.4, 0.5) is 14.5 Å². The number of benzene rings is 1. The number of amides is 1. The van der Waals surface area contributed by atoms with Gasteiger partial charge in [-0.3, -0.25) is 14.5 Å². The molecule has 0 bridgehead atoms. The van der Waals surface area contributed by atoms with Gasteiger partial charge >= 0.3 is 5.97 Å². The summed E-state index contributed by atoms with van der Waals surface area (Å²) < 4.78 is 32.3. The highest BCUT2D eigenvalue weighted by atomic mass is 19.1. The van der Waals surface area contributed by atoms with Crippen LogP contribution < -0.4 is 5.32 Å². The minimum Gasteiger partial charge on any atom is -0.466 e. The van der Waals surface area contributed by atoms with E-state index in [0.717, 1.165) is 18.6 Å². The van der Waals surface area contributed by atoms with Gasteiger partial charge in [-0.2, -0.15) is 0 Å². The molecule has 1 heterocycles. The molecule has 2 rings (SSSR count). The summed E-state index contributed by atoms with van der Waals surface area (Å²) in [5.41, 5.74) is -0.451. The third-order valence-electron chi connectivity index (χ3n) is 4.21. The Morgan fingerprint density at radius 3 is 2.67 bits per heavy atom. The molecule has 1 amide bonds. The third kappa shape index (κ3) is 4.29. The number of piperidine rings is 1. The van der Waals surface area contributed by atoms with Crippen LogP contribution in [0.3, 0.4) is 0 Å². The molecule has 0 radical (unpaired) electrons. The van der Waals surface area contributed by atoms with Gasteiger partial charge in [0.25, 0.3) is 0 Å². The van der Waals surface area contributed by atoms with Gasteiger partial charge in [0.05, 0.1) is 18.6 Å². The number of ether oxygens (including phenoxy) is 1. The highest BCUT2D eigenvalue weighted by Gasteiger charge is 2.32. The maximum Gasteiger partial charge on any atom is 0.310 e. The number of halogens is 2. The Bertz CT molecular complexity index is 589. The predicted octanol–water partition coefficient (Wildman–Crippen LogP) is 2.57. The van der Waals surface area contributed by atoms with E-state index in [1.54, 1.807) is 13.8 Å². The SMILES string of the molecule is CCOC(=O)C1CCCN(C(C)C(=O)Nc2c(F)cccc2F)C1. The zero-order chi connectivity index (χ0) is 17.7. The lowest BCUT2D eigenvalue weighted by molar-refractivity contribution is -0.150. The minimum absolute atomic E-state index is 0.269. The number of likely N-dealkylation sites (tertiary alicyclic amines) is 1. The number of hydrogen-bond donors (Lipinski definition) is 1. The van der Waals surface area contributed by atoms with Gasteiger partial charge in [0.1, 0.15) is 17.3 Å². The van der Waals surface area contributed by atoms with Crippen molar-refractivity contribution in [3.8, 4) is 0 Å². The first-order valence-electron chi connectivity index (χ1n) is 8.09. The second kappa shape index (κ2) is 8.19. The van der Waals surface area contributed by atoms with Gasteiger partial charge in [-0.15, -0.1) is 0 Å². The van der Waals surface area contributed by atoms with Crippen molar-refractivity contribution in [1.82, 2.24) is 4.90 Å². The summed E-state index contributed by atoms with van der Waals surface area (Å²) in [5, 5.41) is 2.30. The second-order valence-corrected chi connectivity index (χ2v) is 5.85. The molecule has 1 aromatic carbocycles. The first-order chi connectivity index (χ1) is 11.4. The molecule has 0 saturated carbocycles. The smallest absolute Gasteiger partial charge is 0.310 e. The van der Waals surface area contributed by atoms with E-state index in [1.165, 1.54) is 6.07 Å². The van der Waals surface area contributed by atoms with Gasteiger partial charge in [-0.1, -0.05) is 6.07 Å². The Morgan fingerprint density at radius 2 is 2.04 bits per heavy atom. The van der Waals surface area contributed by atoms with Crippen LogP contribution in [-0.4, -0.2) is 42.5 Å². The van der Waals surface area contributed by atoms with Crippen molar-refractivity contribution in [2.75, 3.05) is 25.0 Å². The fourth-order valence-electron chi connectivity index (χ4n) is 2.82. The molecule has 1 aromatic rings. The van der Waals surface area contributed by atoms with Crippen LogP contribution in [0.15, 0.2) is 18.2 Å².